The molecule has 0 saturated carbocycles. The summed E-state index contributed by atoms with van der Waals surface area (Å²) in [5.74, 6) is 0.503. The number of aromatic nitrogens is 1. The molecule has 0 bridgehead atoms. The number of amides is 1. The van der Waals surface area contributed by atoms with Gasteiger partial charge in [-0.25, -0.2) is 4.98 Å². The Bertz CT molecular complexity index is 581. The summed E-state index contributed by atoms with van der Waals surface area (Å²) in [4.78, 5) is 18.3. The number of hydrogen-bond acceptors (Lipinski definition) is 3. The SMILES string of the molecule is CN(C)c1ncccc1C(=O)Nc1ccc(I)cc1. The van der Waals surface area contributed by atoms with Gasteiger partial charge in [-0.2, -0.15) is 0 Å². The predicted molar refractivity (Wildman–Crippen MR) is 85.7 cm³/mol. The Morgan fingerprint density at radius 3 is 2.53 bits per heavy atom. The molecule has 1 aromatic carbocycles. The molecule has 1 amide bonds. The number of rotatable bonds is 3. The van der Waals surface area contributed by atoms with Crippen molar-refractivity contribution in [3.63, 3.8) is 0 Å². The molecule has 0 fully saturated rings. The maximum absolute atomic E-state index is 12.2. The molecule has 0 aliphatic heterocycles. The van der Waals surface area contributed by atoms with Gasteiger partial charge in [0.25, 0.3) is 5.91 Å². The van der Waals surface area contributed by atoms with Crippen molar-refractivity contribution >= 4 is 40.0 Å². The molecule has 2 aromatic rings. The summed E-state index contributed by atoms with van der Waals surface area (Å²) in [6.45, 7) is 0. The molecule has 19 heavy (non-hydrogen) atoms. The summed E-state index contributed by atoms with van der Waals surface area (Å²) in [6.07, 6.45) is 1.68. The van der Waals surface area contributed by atoms with Gasteiger partial charge in [0.1, 0.15) is 5.82 Å². The largest absolute Gasteiger partial charge is 0.362 e. The second-order valence-corrected chi connectivity index (χ2v) is 5.48. The van der Waals surface area contributed by atoms with Crippen LogP contribution in [0, 0.1) is 3.57 Å². The third-order valence-corrected chi connectivity index (χ3v) is 3.28. The van der Waals surface area contributed by atoms with Crippen LogP contribution in [0.15, 0.2) is 42.6 Å². The van der Waals surface area contributed by atoms with Crippen LogP contribution in [-0.4, -0.2) is 25.0 Å². The van der Waals surface area contributed by atoms with Crippen LogP contribution in [0.4, 0.5) is 11.5 Å². The lowest BCUT2D eigenvalue weighted by atomic mass is 10.2. The van der Waals surface area contributed by atoms with Crippen LogP contribution in [0.25, 0.3) is 0 Å². The van der Waals surface area contributed by atoms with Gasteiger partial charge in [-0.15, -0.1) is 0 Å². The molecule has 2 rings (SSSR count). The van der Waals surface area contributed by atoms with Gasteiger partial charge >= 0.3 is 0 Å². The van der Waals surface area contributed by atoms with Crippen molar-refractivity contribution < 1.29 is 4.79 Å². The normalized spacial score (nSPS) is 10.1. The summed E-state index contributed by atoms with van der Waals surface area (Å²) in [6, 6.07) is 11.2. The fraction of sp³-hybridized carbons (Fsp3) is 0.143. The van der Waals surface area contributed by atoms with Gasteiger partial charge in [0.2, 0.25) is 0 Å². The van der Waals surface area contributed by atoms with Gasteiger partial charge in [0.05, 0.1) is 5.56 Å². The Hall–Kier alpha value is -1.63. The molecule has 0 aliphatic rings. The first-order valence-corrected chi connectivity index (χ1v) is 6.85. The van der Waals surface area contributed by atoms with E-state index in [9.17, 15) is 4.79 Å². The molecular weight excluding hydrogens is 353 g/mol. The number of benzene rings is 1. The van der Waals surface area contributed by atoms with Crippen LogP contribution < -0.4 is 10.2 Å². The molecule has 0 aliphatic carbocycles. The molecular formula is C14H14IN3O. The highest BCUT2D eigenvalue weighted by Gasteiger charge is 2.13. The van der Waals surface area contributed by atoms with Crippen LogP contribution in [0.1, 0.15) is 10.4 Å². The lowest BCUT2D eigenvalue weighted by Gasteiger charge is -2.15. The standard InChI is InChI=1S/C14H14IN3O/c1-18(2)13-12(4-3-9-16-13)14(19)17-11-7-5-10(15)6-8-11/h3-9H,1-2H3,(H,17,19). The Labute approximate surface area is 126 Å². The number of carbonyl (C=O) groups excluding carboxylic acids is 1. The van der Waals surface area contributed by atoms with E-state index in [1.807, 2.05) is 43.3 Å². The summed E-state index contributed by atoms with van der Waals surface area (Å²) >= 11 is 2.23. The van der Waals surface area contributed by atoms with E-state index in [1.54, 1.807) is 18.3 Å². The van der Waals surface area contributed by atoms with Gasteiger partial charge in [0.15, 0.2) is 0 Å². The number of pyridine rings is 1. The van der Waals surface area contributed by atoms with Crippen molar-refractivity contribution in [1.82, 2.24) is 4.98 Å². The lowest BCUT2D eigenvalue weighted by molar-refractivity contribution is 0.102. The zero-order valence-electron chi connectivity index (χ0n) is 10.7. The molecule has 0 unspecified atom stereocenters. The number of hydrogen-bond donors (Lipinski definition) is 1. The minimum absolute atomic E-state index is 0.155. The topological polar surface area (TPSA) is 45.2 Å². The number of anilines is 2. The zero-order valence-corrected chi connectivity index (χ0v) is 12.9. The monoisotopic (exact) mass is 367 g/mol. The van der Waals surface area contributed by atoms with E-state index in [4.69, 9.17) is 0 Å². The number of carbonyl (C=O) groups is 1. The lowest BCUT2D eigenvalue weighted by Crippen LogP contribution is -2.19. The van der Waals surface area contributed by atoms with Crippen LogP contribution in [-0.2, 0) is 0 Å². The minimum Gasteiger partial charge on any atom is -0.362 e. The second-order valence-electron chi connectivity index (χ2n) is 4.23. The molecule has 5 heteroatoms. The second kappa shape index (κ2) is 6.01. The van der Waals surface area contributed by atoms with Gasteiger partial charge in [-0.05, 0) is 59.0 Å². The van der Waals surface area contributed by atoms with Crippen molar-refractivity contribution in [3.8, 4) is 0 Å². The number of nitrogens with one attached hydrogen (secondary N) is 1. The third kappa shape index (κ3) is 3.44. The van der Waals surface area contributed by atoms with Crippen molar-refractivity contribution in [2.75, 3.05) is 24.3 Å². The first-order valence-electron chi connectivity index (χ1n) is 5.77. The van der Waals surface area contributed by atoms with Crippen molar-refractivity contribution in [2.24, 2.45) is 0 Å². The molecule has 1 N–H and O–H groups in total. The van der Waals surface area contributed by atoms with E-state index in [0.29, 0.717) is 11.4 Å². The molecule has 0 radical (unpaired) electrons. The molecule has 98 valence electrons. The molecule has 0 spiro atoms. The van der Waals surface area contributed by atoms with E-state index < -0.39 is 0 Å². The zero-order chi connectivity index (χ0) is 13.8. The van der Waals surface area contributed by atoms with Gasteiger partial charge < -0.3 is 10.2 Å². The summed E-state index contributed by atoms with van der Waals surface area (Å²) in [5.41, 5.74) is 1.34. The van der Waals surface area contributed by atoms with Crippen molar-refractivity contribution in [1.29, 1.82) is 0 Å². The van der Waals surface area contributed by atoms with Crippen molar-refractivity contribution in [2.45, 2.75) is 0 Å². The maximum Gasteiger partial charge on any atom is 0.259 e. The Morgan fingerprint density at radius 2 is 1.89 bits per heavy atom. The first kappa shape index (κ1) is 13.8. The Balaban J connectivity index is 2.23. The molecule has 0 atom stereocenters. The van der Waals surface area contributed by atoms with Crippen LogP contribution in [0.3, 0.4) is 0 Å². The van der Waals surface area contributed by atoms with Gasteiger partial charge in [0, 0.05) is 29.5 Å². The van der Waals surface area contributed by atoms with Crippen LogP contribution in [0.5, 0.6) is 0 Å². The fourth-order valence-corrected chi connectivity index (χ4v) is 2.02. The fourth-order valence-electron chi connectivity index (χ4n) is 1.66. The van der Waals surface area contributed by atoms with E-state index in [-0.39, 0.29) is 5.91 Å². The van der Waals surface area contributed by atoms with E-state index >= 15 is 0 Å². The summed E-state index contributed by atoms with van der Waals surface area (Å²) in [5, 5.41) is 2.87. The Kier molecular flexibility index (Phi) is 4.36. The average Bonchev–Trinajstić information content (AvgIpc) is 2.41. The molecule has 1 aromatic heterocycles. The minimum atomic E-state index is -0.155. The molecule has 0 saturated heterocycles. The summed E-state index contributed by atoms with van der Waals surface area (Å²) < 4.78 is 1.13. The van der Waals surface area contributed by atoms with E-state index in [2.05, 4.69) is 32.9 Å². The molecule has 4 nitrogen and oxygen atoms in total. The molecule has 1 heterocycles. The average molecular weight is 367 g/mol. The van der Waals surface area contributed by atoms with Crippen molar-refractivity contribution in [3.05, 3.63) is 51.7 Å². The highest BCUT2D eigenvalue weighted by molar-refractivity contribution is 14.1. The Morgan fingerprint density at radius 1 is 1.21 bits per heavy atom. The van der Waals surface area contributed by atoms with E-state index in [1.165, 1.54) is 0 Å². The van der Waals surface area contributed by atoms with E-state index in [0.717, 1.165) is 9.26 Å². The smallest absolute Gasteiger partial charge is 0.259 e. The number of nitrogens with zero attached hydrogens (tertiary/aromatic N) is 2. The highest BCUT2D eigenvalue weighted by atomic mass is 127. The van der Waals surface area contributed by atoms with Gasteiger partial charge in [-0.1, -0.05) is 0 Å². The summed E-state index contributed by atoms with van der Waals surface area (Å²) in [7, 11) is 3.73. The van der Waals surface area contributed by atoms with Gasteiger partial charge in [-0.3, -0.25) is 4.79 Å². The third-order valence-electron chi connectivity index (χ3n) is 2.56. The van der Waals surface area contributed by atoms with Crippen LogP contribution >= 0.6 is 22.6 Å². The van der Waals surface area contributed by atoms with Crippen LogP contribution in [0.2, 0.25) is 0 Å². The maximum atomic E-state index is 12.2. The number of halogens is 1. The predicted octanol–water partition coefficient (Wildman–Crippen LogP) is 3.00. The quantitative estimate of drug-likeness (QED) is 0.849. The highest BCUT2D eigenvalue weighted by Crippen LogP contribution is 2.17. The first-order chi connectivity index (χ1) is 9.08.